The maximum absolute atomic E-state index is 13.1. The number of benzene rings is 1. The van der Waals surface area contributed by atoms with Crippen LogP contribution in [0.3, 0.4) is 0 Å². The van der Waals surface area contributed by atoms with Crippen LogP contribution in [0, 0.1) is 11.2 Å². The minimum absolute atomic E-state index is 0.144. The van der Waals surface area contributed by atoms with E-state index in [0.29, 0.717) is 5.41 Å². The van der Waals surface area contributed by atoms with Crippen molar-refractivity contribution in [3.05, 3.63) is 24.0 Å². The second-order valence-electron chi connectivity index (χ2n) is 4.99. The molecule has 1 aromatic carbocycles. The van der Waals surface area contributed by atoms with Gasteiger partial charge in [-0.1, -0.05) is 12.8 Å². The van der Waals surface area contributed by atoms with Crippen molar-refractivity contribution in [1.82, 2.24) is 0 Å². The maximum atomic E-state index is 13.1. The fraction of sp³-hybridized carbons (Fsp3) is 0.538. The zero-order valence-electron chi connectivity index (χ0n) is 9.26. The van der Waals surface area contributed by atoms with Gasteiger partial charge in [0.2, 0.25) is 0 Å². The minimum Gasteiger partial charge on any atom is -0.383 e. The van der Waals surface area contributed by atoms with Crippen LogP contribution in [-0.4, -0.2) is 12.3 Å². The van der Waals surface area contributed by atoms with Crippen LogP contribution >= 0.6 is 11.8 Å². The topological polar surface area (TPSA) is 12.0 Å². The smallest absolute Gasteiger partial charge is 0.125 e. The minimum atomic E-state index is -0.144. The van der Waals surface area contributed by atoms with Crippen LogP contribution in [-0.2, 0) is 0 Å². The lowest BCUT2D eigenvalue weighted by Gasteiger charge is -2.26. The quantitative estimate of drug-likeness (QED) is 0.734. The molecule has 3 heteroatoms. The number of anilines is 1. The number of hydrogen-bond acceptors (Lipinski definition) is 2. The Kier molecular flexibility index (Phi) is 2.58. The SMILES string of the molecule is Fc1ccc2c(c1)NCC1(CCCC1)CS2. The number of rotatable bonds is 0. The van der Waals surface area contributed by atoms with Gasteiger partial charge in [-0.2, -0.15) is 0 Å². The van der Waals surface area contributed by atoms with Gasteiger partial charge in [-0.3, -0.25) is 0 Å². The zero-order valence-corrected chi connectivity index (χ0v) is 10.1. The Labute approximate surface area is 99.8 Å². The summed E-state index contributed by atoms with van der Waals surface area (Å²) in [5.41, 5.74) is 1.44. The molecule has 86 valence electrons. The molecule has 1 aliphatic carbocycles. The number of hydrogen-bond donors (Lipinski definition) is 1. The Morgan fingerprint density at radius 1 is 1.25 bits per heavy atom. The van der Waals surface area contributed by atoms with Crippen LogP contribution in [0.5, 0.6) is 0 Å². The number of thioether (sulfide) groups is 1. The Hall–Kier alpha value is -0.700. The van der Waals surface area contributed by atoms with Gasteiger partial charge in [0.25, 0.3) is 0 Å². The number of fused-ring (bicyclic) bond motifs is 1. The molecule has 1 fully saturated rings. The van der Waals surface area contributed by atoms with E-state index in [0.717, 1.165) is 12.2 Å². The van der Waals surface area contributed by atoms with Crippen LogP contribution in [0.2, 0.25) is 0 Å². The molecule has 16 heavy (non-hydrogen) atoms. The average molecular weight is 237 g/mol. The summed E-state index contributed by atoms with van der Waals surface area (Å²) in [6, 6.07) is 5.08. The largest absolute Gasteiger partial charge is 0.383 e. The summed E-state index contributed by atoms with van der Waals surface area (Å²) >= 11 is 1.89. The van der Waals surface area contributed by atoms with Crippen molar-refractivity contribution in [2.45, 2.75) is 30.6 Å². The molecule has 1 spiro atoms. The van der Waals surface area contributed by atoms with Gasteiger partial charge < -0.3 is 5.32 Å². The second kappa shape index (κ2) is 3.95. The summed E-state index contributed by atoms with van der Waals surface area (Å²) in [7, 11) is 0. The Morgan fingerprint density at radius 3 is 2.88 bits per heavy atom. The van der Waals surface area contributed by atoms with Gasteiger partial charge >= 0.3 is 0 Å². The molecule has 0 unspecified atom stereocenters. The summed E-state index contributed by atoms with van der Waals surface area (Å²) in [6.07, 6.45) is 5.35. The fourth-order valence-electron chi connectivity index (χ4n) is 2.78. The predicted molar refractivity (Wildman–Crippen MR) is 66.5 cm³/mol. The first-order valence-corrected chi connectivity index (χ1v) is 6.92. The van der Waals surface area contributed by atoms with Crippen molar-refractivity contribution in [3.8, 4) is 0 Å². The van der Waals surface area contributed by atoms with Crippen molar-refractivity contribution in [1.29, 1.82) is 0 Å². The standard InChI is InChI=1S/C13H16FNS/c14-10-3-4-12-11(7-10)15-8-13(9-16-12)5-1-2-6-13/h3-4,7,15H,1-2,5-6,8-9H2. The van der Waals surface area contributed by atoms with Crippen LogP contribution < -0.4 is 5.32 Å². The third-order valence-corrected chi connectivity index (χ3v) is 5.22. The van der Waals surface area contributed by atoms with Crippen molar-refractivity contribution in [3.63, 3.8) is 0 Å². The molecule has 1 heterocycles. The highest BCUT2D eigenvalue weighted by atomic mass is 32.2. The monoisotopic (exact) mass is 237 g/mol. The highest BCUT2D eigenvalue weighted by Gasteiger charge is 2.35. The molecule has 0 aromatic heterocycles. The van der Waals surface area contributed by atoms with Crippen LogP contribution in [0.4, 0.5) is 10.1 Å². The van der Waals surface area contributed by atoms with Gasteiger partial charge in [0.05, 0.1) is 5.69 Å². The molecule has 1 aliphatic heterocycles. The lowest BCUT2D eigenvalue weighted by molar-refractivity contribution is 0.373. The van der Waals surface area contributed by atoms with Crippen LogP contribution in [0.15, 0.2) is 23.1 Å². The molecule has 0 amide bonds. The van der Waals surface area contributed by atoms with Gasteiger partial charge in [-0.25, -0.2) is 4.39 Å². The first-order valence-electron chi connectivity index (χ1n) is 5.94. The van der Waals surface area contributed by atoms with E-state index in [-0.39, 0.29) is 5.82 Å². The van der Waals surface area contributed by atoms with E-state index in [4.69, 9.17) is 0 Å². The summed E-state index contributed by atoms with van der Waals surface area (Å²) < 4.78 is 13.1. The Morgan fingerprint density at radius 2 is 2.06 bits per heavy atom. The molecule has 1 aromatic rings. The molecule has 0 radical (unpaired) electrons. The van der Waals surface area contributed by atoms with Crippen molar-refractivity contribution in [2.75, 3.05) is 17.6 Å². The Balaban J connectivity index is 1.86. The number of nitrogens with one attached hydrogen (secondary N) is 1. The van der Waals surface area contributed by atoms with E-state index in [1.807, 2.05) is 17.8 Å². The first-order chi connectivity index (χ1) is 7.77. The molecule has 0 atom stereocenters. The molecule has 1 saturated carbocycles. The highest BCUT2D eigenvalue weighted by Crippen LogP contribution is 2.45. The summed E-state index contributed by atoms with van der Waals surface area (Å²) in [6.45, 7) is 1.01. The molecule has 0 bridgehead atoms. The Bertz CT molecular complexity index is 399. The maximum Gasteiger partial charge on any atom is 0.125 e. The summed E-state index contributed by atoms with van der Waals surface area (Å²) in [4.78, 5) is 1.20. The molecular weight excluding hydrogens is 221 g/mol. The van der Waals surface area contributed by atoms with E-state index in [2.05, 4.69) is 5.32 Å². The van der Waals surface area contributed by atoms with Gasteiger partial charge in [0.15, 0.2) is 0 Å². The number of halogens is 1. The normalized spacial score (nSPS) is 22.6. The van der Waals surface area contributed by atoms with Crippen LogP contribution in [0.25, 0.3) is 0 Å². The molecule has 1 nitrogen and oxygen atoms in total. The highest BCUT2D eigenvalue weighted by molar-refractivity contribution is 7.99. The van der Waals surface area contributed by atoms with Crippen molar-refractivity contribution >= 4 is 17.4 Å². The molecule has 0 saturated heterocycles. The van der Waals surface area contributed by atoms with Gasteiger partial charge in [0.1, 0.15) is 5.82 Å². The van der Waals surface area contributed by atoms with Crippen molar-refractivity contribution < 1.29 is 4.39 Å². The van der Waals surface area contributed by atoms with E-state index >= 15 is 0 Å². The molecule has 2 aliphatic rings. The van der Waals surface area contributed by atoms with E-state index in [1.54, 1.807) is 12.1 Å². The third kappa shape index (κ3) is 1.81. The van der Waals surface area contributed by atoms with Gasteiger partial charge in [-0.15, -0.1) is 11.8 Å². The molecule has 1 N–H and O–H groups in total. The van der Waals surface area contributed by atoms with E-state index in [1.165, 1.54) is 36.3 Å². The molecular formula is C13H16FNS. The lowest BCUT2D eigenvalue weighted by atomic mass is 9.88. The second-order valence-corrected chi connectivity index (χ2v) is 6.01. The molecule has 3 rings (SSSR count). The van der Waals surface area contributed by atoms with Gasteiger partial charge in [0, 0.05) is 17.2 Å². The zero-order chi connectivity index (χ0) is 11.0. The van der Waals surface area contributed by atoms with Crippen molar-refractivity contribution in [2.24, 2.45) is 5.41 Å². The van der Waals surface area contributed by atoms with E-state index < -0.39 is 0 Å². The lowest BCUT2D eigenvalue weighted by Crippen LogP contribution is -2.27. The average Bonchev–Trinajstić information content (AvgIpc) is 2.66. The first kappa shape index (κ1) is 10.5. The third-order valence-electron chi connectivity index (χ3n) is 3.79. The van der Waals surface area contributed by atoms with Crippen LogP contribution in [0.1, 0.15) is 25.7 Å². The van der Waals surface area contributed by atoms with E-state index in [9.17, 15) is 4.39 Å². The summed E-state index contributed by atoms with van der Waals surface area (Å²) in [5.74, 6) is 1.03. The fourth-order valence-corrected chi connectivity index (χ4v) is 4.08. The summed E-state index contributed by atoms with van der Waals surface area (Å²) in [5, 5.41) is 3.44. The van der Waals surface area contributed by atoms with Gasteiger partial charge in [-0.05, 0) is 36.5 Å². The predicted octanol–water partition coefficient (Wildman–Crippen LogP) is 3.90.